The van der Waals surface area contributed by atoms with Gasteiger partial charge in [-0.25, -0.2) is 0 Å². The van der Waals surface area contributed by atoms with Gasteiger partial charge in [-0.2, -0.15) is 0 Å². The van der Waals surface area contributed by atoms with Gasteiger partial charge in [0.25, 0.3) is 0 Å². The van der Waals surface area contributed by atoms with E-state index >= 15 is 0 Å². The summed E-state index contributed by atoms with van der Waals surface area (Å²) in [5, 5.41) is 0.949. The van der Waals surface area contributed by atoms with Crippen LogP contribution in [-0.4, -0.2) is 12.6 Å². The highest BCUT2D eigenvalue weighted by atomic mass is 79.9. The van der Waals surface area contributed by atoms with Crippen molar-refractivity contribution in [3.8, 4) is 0 Å². The van der Waals surface area contributed by atoms with Crippen molar-refractivity contribution in [2.45, 2.75) is 25.8 Å². The van der Waals surface area contributed by atoms with Gasteiger partial charge in [-0.1, -0.05) is 15.9 Å². The van der Waals surface area contributed by atoms with E-state index in [1.165, 1.54) is 0 Å². The van der Waals surface area contributed by atoms with Gasteiger partial charge in [-0.15, -0.1) is 0 Å². The molecule has 0 aliphatic carbocycles. The predicted octanol–water partition coefficient (Wildman–Crippen LogP) is 3.32. The fourth-order valence-corrected chi connectivity index (χ4v) is 2.27. The van der Waals surface area contributed by atoms with Gasteiger partial charge in [0, 0.05) is 9.86 Å². The van der Waals surface area contributed by atoms with Crippen LogP contribution < -0.4 is 5.73 Å². The van der Waals surface area contributed by atoms with E-state index in [1.807, 2.05) is 24.3 Å². The van der Waals surface area contributed by atoms with Crippen molar-refractivity contribution in [1.29, 1.82) is 0 Å². The minimum absolute atomic E-state index is 0.0852. The fourth-order valence-electron chi connectivity index (χ4n) is 1.89. The van der Waals surface area contributed by atoms with Gasteiger partial charge in [0.1, 0.15) is 11.3 Å². The minimum Gasteiger partial charge on any atom is -0.466 e. The van der Waals surface area contributed by atoms with Crippen molar-refractivity contribution in [1.82, 2.24) is 0 Å². The van der Waals surface area contributed by atoms with Crippen molar-refractivity contribution in [3.63, 3.8) is 0 Å². The third-order valence-electron chi connectivity index (χ3n) is 2.86. The Morgan fingerprint density at radius 1 is 1.47 bits per heavy atom. The third-order valence-corrected chi connectivity index (χ3v) is 3.35. The molecule has 1 aromatic carbocycles. The summed E-state index contributed by atoms with van der Waals surface area (Å²) in [6, 6.07) is 7.57. The lowest BCUT2D eigenvalue weighted by Crippen LogP contribution is -2.35. The first-order valence-electron chi connectivity index (χ1n) is 6.06. The highest BCUT2D eigenvalue weighted by molar-refractivity contribution is 9.10. The Kier molecular flexibility index (Phi) is 3.96. The molecule has 19 heavy (non-hydrogen) atoms. The number of nitrogens with two attached hydrogens (primary N) is 1. The van der Waals surface area contributed by atoms with Gasteiger partial charge < -0.3 is 14.9 Å². The Morgan fingerprint density at radius 2 is 2.21 bits per heavy atom. The van der Waals surface area contributed by atoms with Gasteiger partial charge >= 0.3 is 5.97 Å². The Morgan fingerprint density at radius 3 is 2.89 bits per heavy atom. The van der Waals surface area contributed by atoms with Crippen LogP contribution in [-0.2, 0) is 15.1 Å². The summed E-state index contributed by atoms with van der Waals surface area (Å²) in [5.41, 5.74) is 6.04. The quantitative estimate of drug-likeness (QED) is 0.876. The predicted molar refractivity (Wildman–Crippen MR) is 76.7 cm³/mol. The number of benzene rings is 1. The maximum absolute atomic E-state index is 11.5. The molecular formula is C14H16BrNO3. The smallest absolute Gasteiger partial charge is 0.308 e. The molecule has 0 saturated heterocycles. The van der Waals surface area contributed by atoms with Gasteiger partial charge in [-0.05, 0) is 38.1 Å². The number of rotatable bonds is 4. The van der Waals surface area contributed by atoms with Crippen molar-refractivity contribution in [3.05, 3.63) is 34.5 Å². The van der Waals surface area contributed by atoms with E-state index in [0.29, 0.717) is 12.4 Å². The van der Waals surface area contributed by atoms with Crippen molar-refractivity contribution in [2.24, 2.45) is 5.73 Å². The highest BCUT2D eigenvalue weighted by Gasteiger charge is 2.29. The number of halogens is 1. The zero-order valence-corrected chi connectivity index (χ0v) is 12.5. The van der Waals surface area contributed by atoms with Crippen molar-refractivity contribution in [2.75, 3.05) is 6.61 Å². The molecule has 4 nitrogen and oxygen atoms in total. The van der Waals surface area contributed by atoms with Crippen LogP contribution in [0.1, 0.15) is 26.0 Å². The first-order chi connectivity index (χ1) is 8.92. The number of carbonyl (C=O) groups is 1. The zero-order chi connectivity index (χ0) is 14.0. The van der Waals surface area contributed by atoms with Crippen LogP contribution in [0.15, 0.2) is 33.2 Å². The molecule has 1 heterocycles. The molecule has 2 rings (SSSR count). The molecule has 2 aromatic rings. The molecule has 102 valence electrons. The van der Waals surface area contributed by atoms with E-state index in [0.717, 1.165) is 15.4 Å². The van der Waals surface area contributed by atoms with Gasteiger partial charge in [-0.3, -0.25) is 4.79 Å². The summed E-state index contributed by atoms with van der Waals surface area (Å²) >= 11 is 3.41. The van der Waals surface area contributed by atoms with Crippen LogP contribution in [0.4, 0.5) is 0 Å². The zero-order valence-electron chi connectivity index (χ0n) is 10.9. The summed E-state index contributed by atoms with van der Waals surface area (Å²) in [6.07, 6.45) is 0.0852. The van der Waals surface area contributed by atoms with Gasteiger partial charge in [0.2, 0.25) is 0 Å². The van der Waals surface area contributed by atoms with Gasteiger partial charge in [0.15, 0.2) is 0 Å². The summed E-state index contributed by atoms with van der Waals surface area (Å²) in [5.74, 6) is 0.253. The highest BCUT2D eigenvalue weighted by Crippen LogP contribution is 2.30. The molecule has 1 unspecified atom stereocenters. The lowest BCUT2D eigenvalue weighted by Gasteiger charge is -2.20. The average molecular weight is 326 g/mol. The van der Waals surface area contributed by atoms with Crippen LogP contribution in [0.3, 0.4) is 0 Å². The van der Waals surface area contributed by atoms with Crippen LogP contribution in [0.5, 0.6) is 0 Å². The molecule has 0 saturated carbocycles. The van der Waals surface area contributed by atoms with E-state index in [4.69, 9.17) is 14.9 Å². The molecule has 0 spiro atoms. The molecule has 2 N–H and O–H groups in total. The monoisotopic (exact) mass is 325 g/mol. The summed E-state index contributed by atoms with van der Waals surface area (Å²) in [7, 11) is 0. The Balaban J connectivity index is 2.29. The largest absolute Gasteiger partial charge is 0.466 e. The number of hydrogen-bond acceptors (Lipinski definition) is 4. The van der Waals surface area contributed by atoms with Gasteiger partial charge in [0.05, 0.1) is 18.6 Å². The Labute approximate surface area is 120 Å². The molecule has 0 radical (unpaired) electrons. The third kappa shape index (κ3) is 3.16. The van der Waals surface area contributed by atoms with Crippen molar-refractivity contribution < 1.29 is 13.9 Å². The number of esters is 1. The fraction of sp³-hybridized carbons (Fsp3) is 0.357. The molecule has 5 heteroatoms. The maximum atomic E-state index is 11.5. The van der Waals surface area contributed by atoms with Crippen LogP contribution >= 0.6 is 15.9 Å². The molecular weight excluding hydrogens is 310 g/mol. The van der Waals surface area contributed by atoms with E-state index in [-0.39, 0.29) is 12.4 Å². The molecule has 1 aromatic heterocycles. The van der Waals surface area contributed by atoms with Crippen LogP contribution in [0, 0.1) is 0 Å². The van der Waals surface area contributed by atoms with Crippen LogP contribution in [0.2, 0.25) is 0 Å². The number of hydrogen-bond donors (Lipinski definition) is 1. The lowest BCUT2D eigenvalue weighted by molar-refractivity contribution is -0.144. The number of fused-ring (bicyclic) bond motifs is 1. The Hall–Kier alpha value is -1.33. The Bertz CT molecular complexity index is 604. The van der Waals surface area contributed by atoms with E-state index in [9.17, 15) is 4.79 Å². The normalized spacial score (nSPS) is 14.3. The molecule has 0 fully saturated rings. The second-order valence-electron chi connectivity index (χ2n) is 4.69. The number of ether oxygens (including phenoxy) is 1. The van der Waals surface area contributed by atoms with Crippen LogP contribution in [0.25, 0.3) is 11.0 Å². The number of carbonyl (C=O) groups excluding carboxylic acids is 1. The topological polar surface area (TPSA) is 65.5 Å². The molecule has 1 atom stereocenters. The van der Waals surface area contributed by atoms with E-state index in [1.54, 1.807) is 13.8 Å². The standard InChI is InChI=1S/C14H16BrNO3/c1-3-18-13(17)8-14(2,16)12-7-9-6-10(15)4-5-11(9)19-12/h4-7H,3,8,16H2,1-2H3. The second-order valence-corrected chi connectivity index (χ2v) is 5.61. The van der Waals surface area contributed by atoms with E-state index in [2.05, 4.69) is 15.9 Å². The minimum atomic E-state index is -0.877. The molecule has 0 aliphatic rings. The first kappa shape index (κ1) is 14.1. The molecule has 0 aliphatic heterocycles. The summed E-state index contributed by atoms with van der Waals surface area (Å²) in [6.45, 7) is 3.88. The molecule has 0 amide bonds. The first-order valence-corrected chi connectivity index (χ1v) is 6.86. The van der Waals surface area contributed by atoms with Crippen molar-refractivity contribution >= 4 is 32.9 Å². The summed E-state index contributed by atoms with van der Waals surface area (Å²) in [4.78, 5) is 11.5. The summed E-state index contributed by atoms with van der Waals surface area (Å²) < 4.78 is 11.6. The molecule has 0 bridgehead atoms. The SMILES string of the molecule is CCOC(=O)CC(C)(N)c1cc2cc(Br)ccc2o1. The number of furan rings is 1. The second kappa shape index (κ2) is 5.35. The average Bonchev–Trinajstić information content (AvgIpc) is 2.72. The van der Waals surface area contributed by atoms with E-state index < -0.39 is 5.54 Å². The maximum Gasteiger partial charge on any atom is 0.308 e. The lowest BCUT2D eigenvalue weighted by atomic mass is 9.96.